The number of thiophene rings is 2. The summed E-state index contributed by atoms with van der Waals surface area (Å²) in [6.45, 7) is 4.00. The van der Waals surface area contributed by atoms with Gasteiger partial charge in [-0.3, -0.25) is 10.1 Å². The fraction of sp³-hybridized carbons (Fsp3) is 0.222. The summed E-state index contributed by atoms with van der Waals surface area (Å²) in [4.78, 5) is 22.1. The molecule has 25 heavy (non-hydrogen) atoms. The number of nitrogens with one attached hydrogen (secondary N) is 2. The van der Waals surface area contributed by atoms with E-state index in [9.17, 15) is 4.79 Å². The molecule has 0 aliphatic rings. The third kappa shape index (κ3) is 3.06. The molecule has 0 aliphatic heterocycles. The van der Waals surface area contributed by atoms with E-state index in [0.717, 1.165) is 21.0 Å². The molecule has 0 fully saturated rings. The van der Waals surface area contributed by atoms with Crippen LogP contribution in [0.2, 0.25) is 0 Å². The van der Waals surface area contributed by atoms with Crippen LogP contribution < -0.4 is 10.9 Å². The number of aromatic nitrogens is 2. The summed E-state index contributed by atoms with van der Waals surface area (Å²) in [5.41, 5.74) is 0.865. The first-order chi connectivity index (χ1) is 12.1. The first-order valence-electron chi connectivity index (χ1n) is 7.98. The van der Waals surface area contributed by atoms with E-state index >= 15 is 0 Å². The molecule has 4 rings (SSSR count). The largest absolute Gasteiger partial charge is 0.468 e. The Hall–Kier alpha value is -2.22. The van der Waals surface area contributed by atoms with Crippen molar-refractivity contribution < 1.29 is 4.42 Å². The molecular weight excluding hydrogens is 354 g/mol. The predicted octanol–water partition coefficient (Wildman–Crippen LogP) is 4.72. The minimum Gasteiger partial charge on any atom is -0.468 e. The van der Waals surface area contributed by atoms with Crippen LogP contribution >= 0.6 is 22.7 Å². The Kier molecular flexibility index (Phi) is 4.29. The highest BCUT2D eigenvalue weighted by Gasteiger charge is 2.18. The van der Waals surface area contributed by atoms with Crippen LogP contribution in [0, 0.1) is 0 Å². The van der Waals surface area contributed by atoms with E-state index in [2.05, 4.69) is 15.3 Å². The van der Waals surface area contributed by atoms with Gasteiger partial charge in [-0.05, 0) is 37.4 Å². The number of furan rings is 1. The topological polar surface area (TPSA) is 70.9 Å². The van der Waals surface area contributed by atoms with Crippen LogP contribution in [-0.2, 0) is 0 Å². The zero-order chi connectivity index (χ0) is 17.4. The van der Waals surface area contributed by atoms with Crippen molar-refractivity contribution >= 4 is 32.9 Å². The number of nitrogens with zero attached hydrogens (tertiary/aromatic N) is 1. The summed E-state index contributed by atoms with van der Waals surface area (Å²) in [7, 11) is 0. The van der Waals surface area contributed by atoms with Gasteiger partial charge in [-0.2, -0.15) is 0 Å². The van der Waals surface area contributed by atoms with Crippen molar-refractivity contribution in [1.29, 1.82) is 0 Å². The van der Waals surface area contributed by atoms with Crippen molar-refractivity contribution in [3.63, 3.8) is 0 Å². The summed E-state index contributed by atoms with van der Waals surface area (Å²) >= 11 is 3.13. The molecule has 5 nitrogen and oxygen atoms in total. The van der Waals surface area contributed by atoms with Crippen molar-refractivity contribution in [3.8, 4) is 10.4 Å². The second-order valence-electron chi connectivity index (χ2n) is 5.88. The lowest BCUT2D eigenvalue weighted by atomic mass is 10.2. The molecule has 2 N–H and O–H groups in total. The maximum absolute atomic E-state index is 12.7. The lowest BCUT2D eigenvalue weighted by Crippen LogP contribution is -2.26. The number of H-pyrrole nitrogens is 1. The van der Waals surface area contributed by atoms with Gasteiger partial charge in [0.15, 0.2) is 0 Å². The molecule has 128 valence electrons. The molecule has 4 aromatic heterocycles. The Balaban J connectivity index is 1.66. The molecule has 0 saturated carbocycles. The average Bonchev–Trinajstić information content (AvgIpc) is 3.34. The molecule has 4 aromatic rings. The van der Waals surface area contributed by atoms with Crippen LogP contribution in [0.1, 0.15) is 37.5 Å². The van der Waals surface area contributed by atoms with Gasteiger partial charge < -0.3 is 9.40 Å². The van der Waals surface area contributed by atoms with Crippen LogP contribution in [0.5, 0.6) is 0 Å². The van der Waals surface area contributed by atoms with Gasteiger partial charge >= 0.3 is 0 Å². The zero-order valence-corrected chi connectivity index (χ0v) is 15.4. The third-order valence-electron chi connectivity index (χ3n) is 4.13. The Morgan fingerprint density at radius 3 is 2.80 bits per heavy atom. The van der Waals surface area contributed by atoms with Gasteiger partial charge in [-0.1, -0.05) is 6.07 Å². The normalized spacial score (nSPS) is 14.0. The minimum absolute atomic E-state index is 0.0241. The highest BCUT2D eigenvalue weighted by atomic mass is 32.1. The van der Waals surface area contributed by atoms with Gasteiger partial charge in [0.25, 0.3) is 5.56 Å². The number of hydrogen-bond donors (Lipinski definition) is 2. The van der Waals surface area contributed by atoms with Crippen molar-refractivity contribution in [2.45, 2.75) is 25.9 Å². The monoisotopic (exact) mass is 371 g/mol. The molecule has 2 atom stereocenters. The number of rotatable bonds is 5. The summed E-state index contributed by atoms with van der Waals surface area (Å²) in [6.07, 6.45) is 1.65. The SMILES string of the molecule is C[C@H](N[C@H](C)c1ccco1)c1nc2scc(-c3cccs3)c2c(=O)[nH]1. The number of aromatic amines is 1. The van der Waals surface area contributed by atoms with E-state index in [-0.39, 0.29) is 17.6 Å². The first-order valence-corrected chi connectivity index (χ1v) is 9.74. The molecule has 0 saturated heterocycles. The second kappa shape index (κ2) is 6.59. The van der Waals surface area contributed by atoms with Gasteiger partial charge in [0, 0.05) is 15.8 Å². The van der Waals surface area contributed by atoms with Crippen molar-refractivity contribution in [3.05, 3.63) is 63.2 Å². The molecule has 7 heteroatoms. The highest BCUT2D eigenvalue weighted by Crippen LogP contribution is 2.33. The van der Waals surface area contributed by atoms with E-state index in [1.54, 1.807) is 17.6 Å². The molecule has 0 unspecified atom stereocenters. The van der Waals surface area contributed by atoms with Crippen LogP contribution in [0.15, 0.2) is 50.5 Å². The van der Waals surface area contributed by atoms with Gasteiger partial charge in [-0.15, -0.1) is 22.7 Å². The highest BCUT2D eigenvalue weighted by molar-refractivity contribution is 7.18. The lowest BCUT2D eigenvalue weighted by Gasteiger charge is -2.17. The molecule has 0 spiro atoms. The standard InChI is InChI=1S/C18H17N3O2S2/c1-10(13-5-3-7-23-13)19-11(2)16-20-17(22)15-12(9-25-18(15)21-16)14-6-4-8-24-14/h3-11,19H,1-2H3,(H,20,21,22)/t10-,11+/m1/s1. The second-order valence-corrected chi connectivity index (χ2v) is 7.69. The van der Waals surface area contributed by atoms with Gasteiger partial charge in [-0.25, -0.2) is 4.98 Å². The Bertz CT molecular complexity index is 1030. The van der Waals surface area contributed by atoms with E-state index in [1.165, 1.54) is 11.3 Å². The van der Waals surface area contributed by atoms with Gasteiger partial charge in [0.1, 0.15) is 16.4 Å². The molecule has 0 aromatic carbocycles. The lowest BCUT2D eigenvalue weighted by molar-refractivity contribution is 0.396. The molecule has 0 amide bonds. The maximum atomic E-state index is 12.7. The first kappa shape index (κ1) is 16.3. The fourth-order valence-electron chi connectivity index (χ4n) is 2.86. The average molecular weight is 371 g/mol. The van der Waals surface area contributed by atoms with E-state index in [1.807, 2.05) is 48.9 Å². The quantitative estimate of drug-likeness (QED) is 0.533. The number of fused-ring (bicyclic) bond motifs is 1. The molecule has 0 bridgehead atoms. The zero-order valence-electron chi connectivity index (χ0n) is 13.8. The van der Waals surface area contributed by atoms with Crippen molar-refractivity contribution in [2.75, 3.05) is 0 Å². The number of hydrogen-bond acceptors (Lipinski definition) is 6. The maximum Gasteiger partial charge on any atom is 0.260 e. The van der Waals surface area contributed by atoms with E-state index in [0.29, 0.717) is 11.2 Å². The fourth-order valence-corrected chi connectivity index (χ4v) is 4.63. The molecule has 4 heterocycles. The Labute approximate surface area is 152 Å². The predicted molar refractivity (Wildman–Crippen MR) is 102 cm³/mol. The molecule has 0 aliphatic carbocycles. The third-order valence-corrected chi connectivity index (χ3v) is 5.90. The van der Waals surface area contributed by atoms with Crippen molar-refractivity contribution in [2.24, 2.45) is 0 Å². The molecular formula is C18H17N3O2S2. The van der Waals surface area contributed by atoms with Gasteiger partial charge in [0.05, 0.1) is 23.7 Å². The minimum atomic E-state index is -0.107. The summed E-state index contributed by atoms with van der Waals surface area (Å²) in [5.74, 6) is 1.49. The Morgan fingerprint density at radius 1 is 1.20 bits per heavy atom. The van der Waals surface area contributed by atoms with Crippen LogP contribution in [0.3, 0.4) is 0 Å². The summed E-state index contributed by atoms with van der Waals surface area (Å²) in [5, 5.41) is 8.09. The summed E-state index contributed by atoms with van der Waals surface area (Å²) in [6, 6.07) is 7.72. The Morgan fingerprint density at radius 2 is 2.08 bits per heavy atom. The van der Waals surface area contributed by atoms with E-state index in [4.69, 9.17) is 4.42 Å². The smallest absolute Gasteiger partial charge is 0.260 e. The van der Waals surface area contributed by atoms with Gasteiger partial charge in [0.2, 0.25) is 0 Å². The van der Waals surface area contributed by atoms with Crippen LogP contribution in [0.4, 0.5) is 0 Å². The van der Waals surface area contributed by atoms with Crippen molar-refractivity contribution in [1.82, 2.24) is 15.3 Å². The van der Waals surface area contributed by atoms with Crippen LogP contribution in [0.25, 0.3) is 20.7 Å². The van der Waals surface area contributed by atoms with E-state index < -0.39 is 0 Å². The summed E-state index contributed by atoms with van der Waals surface area (Å²) < 4.78 is 5.42. The van der Waals surface area contributed by atoms with Crippen LogP contribution in [-0.4, -0.2) is 9.97 Å². The molecule has 0 radical (unpaired) electrons.